The summed E-state index contributed by atoms with van der Waals surface area (Å²) < 4.78 is 55.3. The molecule has 0 bridgehead atoms. The fourth-order valence-corrected chi connectivity index (χ4v) is 4.23. The number of hydrogen-bond donors (Lipinski definition) is 2. The number of ether oxygens (including phenoxy) is 3. The lowest BCUT2D eigenvalue weighted by molar-refractivity contribution is -0.137. The summed E-state index contributed by atoms with van der Waals surface area (Å²) in [7, 11) is 4.18. The first-order valence-electron chi connectivity index (χ1n) is 11.6. The Bertz CT molecular complexity index is 1400. The zero-order valence-electron chi connectivity index (χ0n) is 21.1. The van der Waals surface area contributed by atoms with E-state index in [1.807, 2.05) is 0 Å². The number of alkyl halides is 3. The Hall–Kier alpha value is -4.74. The average molecular weight is 543 g/mol. The lowest BCUT2D eigenvalue weighted by Gasteiger charge is -2.36. The van der Waals surface area contributed by atoms with Gasteiger partial charge in [-0.1, -0.05) is 18.2 Å². The van der Waals surface area contributed by atoms with E-state index < -0.39 is 41.9 Å². The smallest absolute Gasteiger partial charge is 0.416 e. The molecule has 3 aromatic carbocycles. The minimum atomic E-state index is -4.60. The Morgan fingerprint density at radius 2 is 1.62 bits per heavy atom. The maximum Gasteiger partial charge on any atom is 0.416 e. The van der Waals surface area contributed by atoms with Gasteiger partial charge in [-0.25, -0.2) is 0 Å². The molecule has 0 aromatic heterocycles. The average Bonchev–Trinajstić information content (AvgIpc) is 2.91. The molecular formula is C27H24F3N3O6. The predicted molar refractivity (Wildman–Crippen MR) is 136 cm³/mol. The van der Waals surface area contributed by atoms with Gasteiger partial charge >= 0.3 is 6.18 Å². The van der Waals surface area contributed by atoms with Crippen LogP contribution in [-0.4, -0.2) is 45.1 Å². The van der Waals surface area contributed by atoms with Crippen LogP contribution in [0.1, 0.15) is 22.3 Å². The van der Waals surface area contributed by atoms with E-state index in [0.29, 0.717) is 11.4 Å². The third kappa shape index (κ3) is 5.59. The summed E-state index contributed by atoms with van der Waals surface area (Å²) in [5, 5.41) is 5.06. The molecule has 0 fully saturated rings. The molecule has 0 unspecified atom stereocenters. The summed E-state index contributed by atoms with van der Waals surface area (Å²) in [6, 6.07) is 12.1. The van der Waals surface area contributed by atoms with Gasteiger partial charge in [0, 0.05) is 11.3 Å². The number of nitrogens with one attached hydrogen (secondary N) is 2. The minimum Gasteiger partial charge on any atom is -0.493 e. The van der Waals surface area contributed by atoms with Gasteiger partial charge in [0.25, 0.3) is 5.91 Å². The van der Waals surface area contributed by atoms with Crippen LogP contribution in [0, 0.1) is 0 Å². The van der Waals surface area contributed by atoms with Crippen LogP contribution in [0.4, 0.5) is 30.2 Å². The van der Waals surface area contributed by atoms with E-state index >= 15 is 0 Å². The number of hydrogen-bond acceptors (Lipinski definition) is 6. The molecule has 39 heavy (non-hydrogen) atoms. The molecule has 1 heterocycles. The van der Waals surface area contributed by atoms with Gasteiger partial charge in [0.15, 0.2) is 11.5 Å². The van der Waals surface area contributed by atoms with E-state index in [-0.39, 0.29) is 28.5 Å². The summed E-state index contributed by atoms with van der Waals surface area (Å²) in [4.78, 5) is 41.1. The summed E-state index contributed by atoms with van der Waals surface area (Å²) in [6.07, 6.45) is -5.13. The molecule has 4 rings (SSSR count). The van der Waals surface area contributed by atoms with Gasteiger partial charge in [0.1, 0.15) is 6.04 Å². The van der Waals surface area contributed by atoms with Gasteiger partial charge in [-0.05, 0) is 42.5 Å². The molecule has 3 aromatic rings. The van der Waals surface area contributed by atoms with E-state index in [2.05, 4.69) is 10.6 Å². The second-order valence-electron chi connectivity index (χ2n) is 8.44. The van der Waals surface area contributed by atoms with E-state index in [0.717, 1.165) is 18.2 Å². The van der Waals surface area contributed by atoms with E-state index in [4.69, 9.17) is 14.2 Å². The molecule has 0 aliphatic carbocycles. The Morgan fingerprint density at radius 1 is 0.949 bits per heavy atom. The Kier molecular flexibility index (Phi) is 7.65. The monoisotopic (exact) mass is 543 g/mol. The molecule has 0 spiro atoms. The number of methoxy groups -OCH3 is 3. The standard InChI is InChI=1S/C27H24F3N3O6/c1-37-21-11-15(12-22(38-2)24(21)39-3)26(36)33-19-10-5-4-9-18(19)32-25(35)20(33)14-23(34)31-17-8-6-7-16(13-17)27(28,29)30/h4-13,20H,14H2,1-3H3,(H,31,34)(H,32,35)/t20-/m0/s1. The molecular weight excluding hydrogens is 519 g/mol. The quantitative estimate of drug-likeness (QED) is 0.447. The minimum absolute atomic E-state index is 0.0808. The maximum atomic E-state index is 13.9. The number of amides is 3. The van der Waals surface area contributed by atoms with Gasteiger partial charge in [-0.2, -0.15) is 13.2 Å². The molecule has 12 heteroatoms. The predicted octanol–water partition coefficient (Wildman–Crippen LogP) is 4.73. The number of nitrogens with zero attached hydrogens (tertiary/aromatic N) is 1. The highest BCUT2D eigenvalue weighted by Gasteiger charge is 2.39. The van der Waals surface area contributed by atoms with E-state index in [9.17, 15) is 27.6 Å². The van der Waals surface area contributed by atoms with Crippen LogP contribution >= 0.6 is 0 Å². The molecule has 2 N–H and O–H groups in total. The lowest BCUT2D eigenvalue weighted by Crippen LogP contribution is -2.52. The topological polar surface area (TPSA) is 106 Å². The van der Waals surface area contributed by atoms with Gasteiger partial charge < -0.3 is 24.8 Å². The number of carbonyl (C=O) groups excluding carboxylic acids is 3. The third-order valence-electron chi connectivity index (χ3n) is 6.02. The van der Waals surface area contributed by atoms with Crippen LogP contribution in [-0.2, 0) is 15.8 Å². The Labute approximate surface area is 221 Å². The Balaban J connectivity index is 1.69. The van der Waals surface area contributed by atoms with Crippen LogP contribution in [0.5, 0.6) is 17.2 Å². The highest BCUT2D eigenvalue weighted by Crippen LogP contribution is 2.40. The van der Waals surface area contributed by atoms with E-state index in [1.54, 1.807) is 24.3 Å². The number of para-hydroxylation sites is 2. The van der Waals surface area contributed by atoms with Crippen LogP contribution < -0.4 is 29.7 Å². The number of rotatable bonds is 7. The van der Waals surface area contributed by atoms with Crippen molar-refractivity contribution in [2.24, 2.45) is 0 Å². The highest BCUT2D eigenvalue weighted by atomic mass is 19.4. The highest BCUT2D eigenvalue weighted by molar-refractivity contribution is 6.18. The summed E-state index contributed by atoms with van der Waals surface area (Å²) in [6.45, 7) is 0. The molecule has 1 aliphatic heterocycles. The van der Waals surface area contributed by atoms with Gasteiger partial charge in [0.05, 0.1) is 44.7 Å². The molecule has 0 saturated carbocycles. The molecule has 3 amide bonds. The van der Waals surface area contributed by atoms with Crippen LogP contribution in [0.2, 0.25) is 0 Å². The summed E-state index contributed by atoms with van der Waals surface area (Å²) in [5.41, 5.74) is -0.291. The summed E-state index contributed by atoms with van der Waals surface area (Å²) >= 11 is 0. The second kappa shape index (κ2) is 10.9. The number of halogens is 3. The zero-order chi connectivity index (χ0) is 28.3. The Morgan fingerprint density at radius 3 is 2.23 bits per heavy atom. The largest absolute Gasteiger partial charge is 0.493 e. The number of fused-ring (bicyclic) bond motifs is 1. The molecule has 0 saturated heterocycles. The van der Waals surface area contributed by atoms with Crippen LogP contribution in [0.15, 0.2) is 60.7 Å². The first-order chi connectivity index (χ1) is 18.6. The van der Waals surface area contributed by atoms with Crippen LogP contribution in [0.3, 0.4) is 0 Å². The third-order valence-corrected chi connectivity index (χ3v) is 6.02. The van der Waals surface area contributed by atoms with Gasteiger partial charge in [-0.3, -0.25) is 19.3 Å². The normalized spacial score (nSPS) is 14.7. The summed E-state index contributed by atoms with van der Waals surface area (Å²) in [5.74, 6) is -1.40. The first-order valence-corrected chi connectivity index (χ1v) is 11.6. The molecule has 9 nitrogen and oxygen atoms in total. The van der Waals surface area contributed by atoms with Crippen molar-refractivity contribution in [3.05, 3.63) is 71.8 Å². The fourth-order valence-electron chi connectivity index (χ4n) is 4.23. The molecule has 0 radical (unpaired) electrons. The van der Waals surface area contributed by atoms with Crippen molar-refractivity contribution in [3.8, 4) is 17.2 Å². The van der Waals surface area contributed by atoms with Gasteiger partial charge in [0.2, 0.25) is 17.6 Å². The van der Waals surface area contributed by atoms with Crippen molar-refractivity contribution < 1.29 is 41.8 Å². The SMILES string of the molecule is COc1cc(C(=O)N2c3ccccc3NC(=O)[C@@H]2CC(=O)Nc2cccc(C(F)(F)F)c2)cc(OC)c1OC. The zero-order valence-corrected chi connectivity index (χ0v) is 21.1. The van der Waals surface area contributed by atoms with Crippen LogP contribution in [0.25, 0.3) is 0 Å². The van der Waals surface area contributed by atoms with Crippen molar-refractivity contribution in [2.75, 3.05) is 36.9 Å². The second-order valence-corrected chi connectivity index (χ2v) is 8.44. The van der Waals surface area contributed by atoms with E-state index in [1.165, 1.54) is 44.4 Å². The van der Waals surface area contributed by atoms with Crippen molar-refractivity contribution >= 4 is 34.8 Å². The number of carbonyl (C=O) groups is 3. The van der Waals surface area contributed by atoms with Crippen molar-refractivity contribution in [2.45, 2.75) is 18.6 Å². The van der Waals surface area contributed by atoms with Crippen molar-refractivity contribution in [1.29, 1.82) is 0 Å². The molecule has 1 atom stereocenters. The number of anilines is 3. The lowest BCUT2D eigenvalue weighted by atomic mass is 10.0. The van der Waals surface area contributed by atoms with Crippen molar-refractivity contribution in [3.63, 3.8) is 0 Å². The fraction of sp³-hybridized carbons (Fsp3) is 0.222. The maximum absolute atomic E-state index is 13.9. The molecule has 1 aliphatic rings. The first kappa shape index (κ1) is 27.3. The molecule has 204 valence electrons. The van der Waals surface area contributed by atoms with Gasteiger partial charge in [-0.15, -0.1) is 0 Å². The van der Waals surface area contributed by atoms with Crippen molar-refractivity contribution in [1.82, 2.24) is 0 Å². The number of benzene rings is 3.